The molecule has 0 spiro atoms. The lowest BCUT2D eigenvalue weighted by Crippen LogP contribution is -2.34. The number of nitrogens with zero attached hydrogens (tertiary/aromatic N) is 1. The van der Waals surface area contributed by atoms with Crippen LogP contribution in [0.2, 0.25) is 10.0 Å². The molecule has 0 bridgehead atoms. The molecule has 1 unspecified atom stereocenters. The number of methoxy groups -OCH3 is 1. The maximum Gasteiger partial charge on any atom is 0.252 e. The highest BCUT2D eigenvalue weighted by atomic mass is 35.5. The van der Waals surface area contributed by atoms with E-state index >= 15 is 0 Å². The quantitative estimate of drug-likeness (QED) is 0.237. The third-order valence-electron chi connectivity index (χ3n) is 4.82. The first kappa shape index (κ1) is 25.1. The molecule has 2 amide bonds. The van der Waals surface area contributed by atoms with E-state index in [4.69, 9.17) is 32.7 Å². The zero-order valence-electron chi connectivity index (χ0n) is 18.5. The Labute approximate surface area is 207 Å². The van der Waals surface area contributed by atoms with Gasteiger partial charge in [0.05, 0.1) is 13.3 Å². The normalized spacial score (nSPS) is 11.6. The summed E-state index contributed by atoms with van der Waals surface area (Å²) < 4.78 is 10.8. The van der Waals surface area contributed by atoms with Gasteiger partial charge in [0.2, 0.25) is 5.91 Å². The van der Waals surface area contributed by atoms with Crippen LogP contribution < -0.4 is 20.2 Å². The fourth-order valence-corrected chi connectivity index (χ4v) is 3.22. The maximum absolute atomic E-state index is 12.3. The molecule has 34 heavy (non-hydrogen) atoms. The van der Waals surface area contributed by atoms with E-state index in [1.807, 2.05) is 6.07 Å². The maximum atomic E-state index is 12.3. The molecule has 3 rings (SSSR count). The minimum absolute atomic E-state index is 0.302. The number of carbonyl (C=O) groups excluding carboxylic acids is 2. The highest BCUT2D eigenvalue weighted by molar-refractivity contribution is 6.35. The van der Waals surface area contributed by atoms with E-state index in [-0.39, 0.29) is 0 Å². The molecule has 3 aromatic rings. The van der Waals surface area contributed by atoms with Crippen LogP contribution in [0, 0.1) is 5.92 Å². The lowest BCUT2D eigenvalue weighted by Gasteiger charge is -2.11. The lowest BCUT2D eigenvalue weighted by atomic mass is 10.1. The summed E-state index contributed by atoms with van der Waals surface area (Å²) in [6.45, 7) is 1.80. The first-order valence-electron chi connectivity index (χ1n) is 10.3. The van der Waals surface area contributed by atoms with E-state index in [1.165, 1.54) is 13.1 Å². The smallest absolute Gasteiger partial charge is 0.252 e. The van der Waals surface area contributed by atoms with E-state index in [1.54, 1.807) is 67.8 Å². The summed E-state index contributed by atoms with van der Waals surface area (Å²) in [6, 6.07) is 19.2. The summed E-state index contributed by atoms with van der Waals surface area (Å²) in [7, 11) is 1.56. The van der Waals surface area contributed by atoms with Crippen molar-refractivity contribution in [3.63, 3.8) is 0 Å². The Hall–Kier alpha value is -3.55. The Morgan fingerprint density at radius 1 is 0.971 bits per heavy atom. The van der Waals surface area contributed by atoms with Crippen molar-refractivity contribution < 1.29 is 19.1 Å². The summed E-state index contributed by atoms with van der Waals surface area (Å²) >= 11 is 12.1. The number of ether oxygens (including phenoxy) is 2. The molecule has 0 aliphatic carbocycles. The van der Waals surface area contributed by atoms with Crippen molar-refractivity contribution in [1.82, 2.24) is 5.43 Å². The highest BCUT2D eigenvalue weighted by Crippen LogP contribution is 2.23. The van der Waals surface area contributed by atoms with Gasteiger partial charge in [-0.25, -0.2) is 5.43 Å². The predicted octanol–water partition coefficient (Wildman–Crippen LogP) is 5.31. The van der Waals surface area contributed by atoms with Crippen LogP contribution in [0.3, 0.4) is 0 Å². The van der Waals surface area contributed by atoms with Gasteiger partial charge in [0.1, 0.15) is 24.0 Å². The molecule has 9 heteroatoms. The molecular formula is C25H23Cl2N3O4. The van der Waals surface area contributed by atoms with Crippen molar-refractivity contribution in [2.45, 2.75) is 13.5 Å². The van der Waals surface area contributed by atoms with Gasteiger partial charge in [-0.3, -0.25) is 9.59 Å². The molecule has 1 atom stereocenters. The summed E-state index contributed by atoms with van der Waals surface area (Å²) in [5.41, 5.74) is 4.51. The zero-order valence-corrected chi connectivity index (χ0v) is 20.1. The number of rotatable bonds is 9. The van der Waals surface area contributed by atoms with Gasteiger partial charge in [0.15, 0.2) is 0 Å². The molecule has 2 N–H and O–H groups in total. The van der Waals surface area contributed by atoms with Crippen LogP contribution >= 0.6 is 23.2 Å². The summed E-state index contributed by atoms with van der Waals surface area (Å²) in [4.78, 5) is 24.5. The van der Waals surface area contributed by atoms with Crippen LogP contribution in [0.1, 0.15) is 18.1 Å². The van der Waals surface area contributed by atoms with Crippen LogP contribution in [-0.4, -0.2) is 25.1 Å². The largest absolute Gasteiger partial charge is 0.497 e. The number of nitrogens with one attached hydrogen (secondary N) is 2. The summed E-state index contributed by atoms with van der Waals surface area (Å²) in [5, 5.41) is 7.72. The Bertz CT molecular complexity index is 1170. The van der Waals surface area contributed by atoms with Gasteiger partial charge in [-0.2, -0.15) is 5.10 Å². The van der Waals surface area contributed by atoms with Gasteiger partial charge in [-0.05, 0) is 73.2 Å². The number of carbonyl (C=O) groups is 2. The van der Waals surface area contributed by atoms with Gasteiger partial charge in [-0.1, -0.05) is 29.3 Å². The second kappa shape index (κ2) is 12.1. The van der Waals surface area contributed by atoms with Crippen molar-refractivity contribution in [2.24, 2.45) is 11.0 Å². The Kier molecular flexibility index (Phi) is 8.90. The number of halogens is 2. The highest BCUT2D eigenvalue weighted by Gasteiger charge is 2.21. The van der Waals surface area contributed by atoms with Gasteiger partial charge >= 0.3 is 0 Å². The minimum atomic E-state index is -0.935. The fraction of sp³-hybridized carbons (Fsp3) is 0.160. The average Bonchev–Trinajstić information content (AvgIpc) is 2.84. The molecule has 0 aliphatic rings. The van der Waals surface area contributed by atoms with Gasteiger partial charge in [0, 0.05) is 21.3 Å². The second-order valence-corrected chi connectivity index (χ2v) is 8.11. The number of hydrogen-bond acceptors (Lipinski definition) is 5. The standard InChI is InChI=1S/C25H23Cl2N3O4/c1-16(24(31)29-20-7-11-21(33-2)12-8-20)25(32)30-28-14-17-3-9-22(10-4-17)34-15-18-5-6-19(26)13-23(18)27/h3-14,16H,15H2,1-2H3,(H,29,31)(H,30,32). The Morgan fingerprint density at radius 3 is 2.29 bits per heavy atom. The molecule has 0 heterocycles. The predicted molar refractivity (Wildman–Crippen MR) is 134 cm³/mol. The number of anilines is 1. The van der Waals surface area contributed by atoms with E-state index < -0.39 is 17.7 Å². The molecule has 0 saturated heterocycles. The first-order chi connectivity index (χ1) is 16.4. The van der Waals surface area contributed by atoms with E-state index in [0.717, 1.165) is 11.1 Å². The molecule has 0 radical (unpaired) electrons. The van der Waals surface area contributed by atoms with Crippen LogP contribution in [0.25, 0.3) is 0 Å². The SMILES string of the molecule is COc1ccc(NC(=O)C(C)C(=O)NN=Cc2ccc(OCc3ccc(Cl)cc3Cl)cc2)cc1. The molecule has 3 aromatic carbocycles. The van der Waals surface area contributed by atoms with Crippen LogP contribution in [0.15, 0.2) is 71.8 Å². The van der Waals surface area contributed by atoms with E-state index in [0.29, 0.717) is 33.8 Å². The van der Waals surface area contributed by atoms with Crippen molar-refractivity contribution in [3.8, 4) is 11.5 Å². The summed E-state index contributed by atoms with van der Waals surface area (Å²) in [6.07, 6.45) is 1.48. The lowest BCUT2D eigenvalue weighted by molar-refractivity contribution is -0.131. The first-order valence-corrected chi connectivity index (χ1v) is 11.1. The number of hydrogen-bond donors (Lipinski definition) is 2. The van der Waals surface area contributed by atoms with Crippen molar-refractivity contribution in [1.29, 1.82) is 0 Å². The molecule has 0 aliphatic heterocycles. The third kappa shape index (κ3) is 7.23. The second-order valence-electron chi connectivity index (χ2n) is 7.27. The van der Waals surface area contributed by atoms with Gasteiger partial charge in [0.25, 0.3) is 5.91 Å². The Balaban J connectivity index is 1.47. The molecular weight excluding hydrogens is 477 g/mol. The number of hydrazone groups is 1. The molecule has 0 aromatic heterocycles. The minimum Gasteiger partial charge on any atom is -0.497 e. The van der Waals surface area contributed by atoms with E-state index in [9.17, 15) is 9.59 Å². The Morgan fingerprint density at radius 2 is 1.65 bits per heavy atom. The topological polar surface area (TPSA) is 89.0 Å². The summed E-state index contributed by atoms with van der Waals surface area (Å²) in [5.74, 6) is -0.586. The molecule has 7 nitrogen and oxygen atoms in total. The van der Waals surface area contributed by atoms with Crippen molar-refractivity contribution in [2.75, 3.05) is 12.4 Å². The van der Waals surface area contributed by atoms with Crippen molar-refractivity contribution >= 4 is 46.9 Å². The van der Waals surface area contributed by atoms with Gasteiger partial charge < -0.3 is 14.8 Å². The fourth-order valence-electron chi connectivity index (χ4n) is 2.76. The van der Waals surface area contributed by atoms with Crippen LogP contribution in [0.4, 0.5) is 5.69 Å². The number of benzene rings is 3. The third-order valence-corrected chi connectivity index (χ3v) is 5.41. The van der Waals surface area contributed by atoms with E-state index in [2.05, 4.69) is 15.8 Å². The number of amides is 2. The van der Waals surface area contributed by atoms with Crippen molar-refractivity contribution in [3.05, 3.63) is 87.9 Å². The molecule has 0 fully saturated rings. The van der Waals surface area contributed by atoms with Crippen LogP contribution in [-0.2, 0) is 16.2 Å². The molecule has 176 valence electrons. The average molecular weight is 500 g/mol. The monoisotopic (exact) mass is 499 g/mol. The molecule has 0 saturated carbocycles. The van der Waals surface area contributed by atoms with Crippen LogP contribution in [0.5, 0.6) is 11.5 Å². The zero-order chi connectivity index (χ0) is 24.5. The van der Waals surface area contributed by atoms with Gasteiger partial charge in [-0.15, -0.1) is 0 Å².